The van der Waals surface area contributed by atoms with E-state index < -0.39 is 0 Å². The van der Waals surface area contributed by atoms with Gasteiger partial charge in [0, 0.05) is 18.2 Å². The van der Waals surface area contributed by atoms with Gasteiger partial charge in [-0.2, -0.15) is 0 Å². The van der Waals surface area contributed by atoms with E-state index in [4.69, 9.17) is 5.11 Å². The summed E-state index contributed by atoms with van der Waals surface area (Å²) in [5, 5.41) is 22.2. The summed E-state index contributed by atoms with van der Waals surface area (Å²) in [6.07, 6.45) is 1.78. The van der Waals surface area contributed by atoms with Crippen LogP contribution in [0.25, 0.3) is 0 Å². The molecule has 3 nitrogen and oxygen atoms in total. The van der Waals surface area contributed by atoms with Crippen molar-refractivity contribution in [2.45, 2.75) is 38.6 Å². The largest absolute Gasteiger partial charge is 0.508 e. The lowest BCUT2D eigenvalue weighted by atomic mass is 9.97. The molecule has 0 amide bonds. The van der Waals surface area contributed by atoms with Crippen molar-refractivity contribution in [3.05, 3.63) is 28.8 Å². The summed E-state index contributed by atoms with van der Waals surface area (Å²) in [5.74, 6) is 0.889. The van der Waals surface area contributed by atoms with Crippen LogP contribution in [0.3, 0.4) is 0 Å². The SMILES string of the molecule is Cc1ccc(O)c2c1C(C)CC2NCCCO. The van der Waals surface area contributed by atoms with E-state index in [9.17, 15) is 5.11 Å². The van der Waals surface area contributed by atoms with Crippen LogP contribution in [0.1, 0.15) is 48.4 Å². The van der Waals surface area contributed by atoms with Gasteiger partial charge in [-0.25, -0.2) is 0 Å². The summed E-state index contributed by atoms with van der Waals surface area (Å²) in [7, 11) is 0. The molecule has 0 fully saturated rings. The van der Waals surface area contributed by atoms with Gasteiger partial charge in [-0.15, -0.1) is 0 Å². The van der Waals surface area contributed by atoms with E-state index in [0.717, 1.165) is 24.9 Å². The maximum Gasteiger partial charge on any atom is 0.120 e. The number of phenolic OH excluding ortho intramolecular Hbond substituents is 1. The molecular weight excluding hydrogens is 214 g/mol. The molecule has 2 atom stereocenters. The number of fused-ring (bicyclic) bond motifs is 1. The van der Waals surface area contributed by atoms with Crippen LogP contribution in [-0.2, 0) is 0 Å². The van der Waals surface area contributed by atoms with Crippen molar-refractivity contribution >= 4 is 0 Å². The quantitative estimate of drug-likeness (QED) is 0.701. The fourth-order valence-electron chi connectivity index (χ4n) is 2.88. The van der Waals surface area contributed by atoms with E-state index in [1.807, 2.05) is 6.07 Å². The Morgan fingerprint density at radius 3 is 2.82 bits per heavy atom. The number of aliphatic hydroxyl groups excluding tert-OH is 1. The first-order valence-electron chi connectivity index (χ1n) is 6.31. The minimum atomic E-state index is 0.210. The lowest BCUT2D eigenvalue weighted by molar-refractivity contribution is 0.282. The predicted molar refractivity (Wildman–Crippen MR) is 68.3 cm³/mol. The molecule has 0 aliphatic heterocycles. The number of rotatable bonds is 4. The minimum absolute atomic E-state index is 0.210. The molecule has 1 aliphatic carbocycles. The van der Waals surface area contributed by atoms with Crippen LogP contribution in [0.15, 0.2) is 12.1 Å². The molecule has 94 valence electrons. The van der Waals surface area contributed by atoms with Crippen molar-refractivity contribution in [1.82, 2.24) is 5.32 Å². The van der Waals surface area contributed by atoms with E-state index in [-0.39, 0.29) is 12.6 Å². The van der Waals surface area contributed by atoms with Gasteiger partial charge < -0.3 is 15.5 Å². The van der Waals surface area contributed by atoms with Crippen LogP contribution in [0, 0.1) is 6.92 Å². The van der Waals surface area contributed by atoms with E-state index in [2.05, 4.69) is 19.2 Å². The Bertz CT molecular complexity index is 403. The smallest absolute Gasteiger partial charge is 0.120 e. The Morgan fingerprint density at radius 2 is 2.12 bits per heavy atom. The Hall–Kier alpha value is -1.06. The third-order valence-electron chi connectivity index (χ3n) is 3.64. The Morgan fingerprint density at radius 1 is 1.35 bits per heavy atom. The molecule has 1 aromatic carbocycles. The zero-order valence-electron chi connectivity index (χ0n) is 10.5. The summed E-state index contributed by atoms with van der Waals surface area (Å²) in [6.45, 7) is 5.31. The van der Waals surface area contributed by atoms with Crippen LogP contribution in [0.5, 0.6) is 5.75 Å². The van der Waals surface area contributed by atoms with Crippen molar-refractivity contribution < 1.29 is 10.2 Å². The van der Waals surface area contributed by atoms with Gasteiger partial charge in [0.1, 0.15) is 5.75 Å². The molecule has 2 unspecified atom stereocenters. The predicted octanol–water partition coefficient (Wildman–Crippen LogP) is 2.22. The van der Waals surface area contributed by atoms with Crippen molar-refractivity contribution in [2.75, 3.05) is 13.2 Å². The molecule has 0 radical (unpaired) electrons. The van der Waals surface area contributed by atoms with E-state index >= 15 is 0 Å². The summed E-state index contributed by atoms with van der Waals surface area (Å²) >= 11 is 0. The van der Waals surface area contributed by atoms with Gasteiger partial charge in [0.05, 0.1) is 0 Å². The van der Waals surface area contributed by atoms with Crippen LogP contribution in [-0.4, -0.2) is 23.4 Å². The van der Waals surface area contributed by atoms with Crippen molar-refractivity contribution in [1.29, 1.82) is 0 Å². The second-order valence-electron chi connectivity index (χ2n) is 4.95. The molecule has 1 aliphatic rings. The number of phenols is 1. The third kappa shape index (κ3) is 2.31. The highest BCUT2D eigenvalue weighted by atomic mass is 16.3. The summed E-state index contributed by atoms with van der Waals surface area (Å²) in [5.41, 5.74) is 3.62. The molecular formula is C14H21NO2. The molecule has 2 rings (SSSR count). The van der Waals surface area contributed by atoms with E-state index in [1.165, 1.54) is 11.1 Å². The summed E-state index contributed by atoms with van der Waals surface area (Å²) in [6, 6.07) is 4.00. The first-order chi connectivity index (χ1) is 8.15. The monoisotopic (exact) mass is 235 g/mol. The van der Waals surface area contributed by atoms with Crippen LogP contribution < -0.4 is 5.32 Å². The van der Waals surface area contributed by atoms with Gasteiger partial charge in [-0.3, -0.25) is 0 Å². The van der Waals surface area contributed by atoms with Gasteiger partial charge >= 0.3 is 0 Å². The van der Waals surface area contributed by atoms with Crippen LogP contribution in [0.4, 0.5) is 0 Å². The Balaban J connectivity index is 2.23. The number of hydrogen-bond donors (Lipinski definition) is 3. The first-order valence-corrected chi connectivity index (χ1v) is 6.31. The number of aromatic hydroxyl groups is 1. The molecule has 3 N–H and O–H groups in total. The topological polar surface area (TPSA) is 52.5 Å². The van der Waals surface area contributed by atoms with Crippen molar-refractivity contribution in [2.24, 2.45) is 0 Å². The molecule has 3 heteroatoms. The average Bonchev–Trinajstić information content (AvgIpc) is 2.63. The molecule has 1 aromatic rings. The van der Waals surface area contributed by atoms with Gasteiger partial charge in [0.2, 0.25) is 0 Å². The fraction of sp³-hybridized carbons (Fsp3) is 0.571. The highest BCUT2D eigenvalue weighted by Gasteiger charge is 2.31. The molecule has 0 bridgehead atoms. The number of aryl methyl sites for hydroxylation is 1. The zero-order valence-corrected chi connectivity index (χ0v) is 10.5. The van der Waals surface area contributed by atoms with Gasteiger partial charge in [0.15, 0.2) is 0 Å². The zero-order chi connectivity index (χ0) is 12.4. The van der Waals surface area contributed by atoms with Crippen LogP contribution in [0.2, 0.25) is 0 Å². The number of aliphatic hydroxyl groups is 1. The van der Waals surface area contributed by atoms with Gasteiger partial charge in [0.25, 0.3) is 0 Å². The number of benzene rings is 1. The molecule has 0 saturated heterocycles. The maximum absolute atomic E-state index is 10.0. The third-order valence-corrected chi connectivity index (χ3v) is 3.64. The van der Waals surface area contributed by atoms with Gasteiger partial charge in [-0.1, -0.05) is 13.0 Å². The molecule has 0 heterocycles. The molecule has 17 heavy (non-hydrogen) atoms. The van der Waals surface area contributed by atoms with Crippen molar-refractivity contribution in [3.63, 3.8) is 0 Å². The van der Waals surface area contributed by atoms with E-state index in [0.29, 0.717) is 11.7 Å². The standard InChI is InChI=1S/C14H21NO2/c1-9-4-5-12(17)14-11(15-6-3-7-16)8-10(2)13(9)14/h4-5,10-11,15-17H,3,6-8H2,1-2H3. The van der Waals surface area contributed by atoms with Crippen molar-refractivity contribution in [3.8, 4) is 5.75 Å². The molecule has 0 saturated carbocycles. The lowest BCUT2D eigenvalue weighted by Gasteiger charge is -2.15. The van der Waals surface area contributed by atoms with Crippen LogP contribution >= 0.6 is 0 Å². The normalized spacial score (nSPS) is 22.8. The highest BCUT2D eigenvalue weighted by Crippen LogP contribution is 2.45. The fourth-order valence-corrected chi connectivity index (χ4v) is 2.88. The summed E-state index contributed by atoms with van der Waals surface area (Å²) in [4.78, 5) is 0. The average molecular weight is 235 g/mol. The van der Waals surface area contributed by atoms with Gasteiger partial charge in [-0.05, 0) is 49.4 Å². The molecule has 0 aromatic heterocycles. The number of hydrogen-bond acceptors (Lipinski definition) is 3. The molecule has 0 spiro atoms. The highest BCUT2D eigenvalue weighted by molar-refractivity contribution is 5.50. The minimum Gasteiger partial charge on any atom is -0.508 e. The summed E-state index contributed by atoms with van der Waals surface area (Å²) < 4.78 is 0. The Kier molecular flexibility index (Phi) is 3.69. The lowest BCUT2D eigenvalue weighted by Crippen LogP contribution is -2.21. The Labute approximate surface area is 102 Å². The number of nitrogens with one attached hydrogen (secondary N) is 1. The van der Waals surface area contributed by atoms with E-state index in [1.54, 1.807) is 6.07 Å². The second kappa shape index (κ2) is 5.07. The first kappa shape index (κ1) is 12.4. The second-order valence-corrected chi connectivity index (χ2v) is 4.95. The maximum atomic E-state index is 10.0.